The third-order valence-electron chi connectivity index (χ3n) is 2.60. The Hall–Kier alpha value is -1.55. The van der Waals surface area contributed by atoms with Crippen molar-refractivity contribution in [3.63, 3.8) is 0 Å². The van der Waals surface area contributed by atoms with Crippen molar-refractivity contribution in [2.24, 2.45) is 0 Å². The smallest absolute Gasteiger partial charge is 0.220 e. The highest BCUT2D eigenvalue weighted by molar-refractivity contribution is 6.30. The highest BCUT2D eigenvalue weighted by Crippen LogP contribution is 2.11. The Morgan fingerprint density at radius 2 is 1.74 bits per heavy atom. The number of hydrogen-bond acceptors (Lipinski definition) is 2. The lowest BCUT2D eigenvalue weighted by molar-refractivity contribution is -0.122. The zero-order valence-electron chi connectivity index (χ0n) is 11.0. The lowest BCUT2D eigenvalue weighted by atomic mass is 10.1. The number of benzene rings is 1. The van der Waals surface area contributed by atoms with Crippen molar-refractivity contribution in [2.75, 3.05) is 13.1 Å². The van der Waals surface area contributed by atoms with Gasteiger partial charge < -0.3 is 10.6 Å². The Kier molecular flexibility index (Phi) is 6.97. The number of aryl methyl sites for hydroxylation is 1. The summed E-state index contributed by atoms with van der Waals surface area (Å²) in [5, 5.41) is 6.10. The average molecular weight is 283 g/mol. The van der Waals surface area contributed by atoms with E-state index in [1.54, 1.807) is 0 Å². The summed E-state index contributed by atoms with van der Waals surface area (Å²) < 4.78 is 0. The minimum absolute atomic E-state index is 0.0133. The van der Waals surface area contributed by atoms with Crippen LogP contribution in [0.2, 0.25) is 5.02 Å². The van der Waals surface area contributed by atoms with Gasteiger partial charge in [-0.2, -0.15) is 0 Å². The number of rotatable bonds is 7. The van der Waals surface area contributed by atoms with Crippen LogP contribution in [0.15, 0.2) is 24.3 Å². The minimum atomic E-state index is -0.0861. The molecule has 0 bridgehead atoms. The highest BCUT2D eigenvalue weighted by atomic mass is 35.5. The molecule has 0 atom stereocenters. The van der Waals surface area contributed by atoms with E-state index in [1.165, 1.54) is 12.5 Å². The molecule has 0 saturated heterocycles. The summed E-state index contributed by atoms with van der Waals surface area (Å²) in [6.07, 6.45) is 2.15. The minimum Gasteiger partial charge on any atom is -0.355 e. The summed E-state index contributed by atoms with van der Waals surface area (Å²) in [6, 6.07) is 7.64. The van der Waals surface area contributed by atoms with Crippen molar-refractivity contribution in [3.05, 3.63) is 34.9 Å². The van der Waals surface area contributed by atoms with Crippen molar-refractivity contribution in [1.82, 2.24) is 10.6 Å². The molecule has 0 unspecified atom stereocenters. The highest BCUT2D eigenvalue weighted by Gasteiger charge is 2.01. The summed E-state index contributed by atoms with van der Waals surface area (Å²) in [7, 11) is 0. The topological polar surface area (TPSA) is 58.2 Å². The molecule has 4 nitrogen and oxygen atoms in total. The van der Waals surface area contributed by atoms with Crippen LogP contribution < -0.4 is 10.6 Å². The van der Waals surface area contributed by atoms with E-state index in [2.05, 4.69) is 10.6 Å². The van der Waals surface area contributed by atoms with Crippen molar-refractivity contribution in [2.45, 2.75) is 26.2 Å². The van der Waals surface area contributed by atoms with E-state index in [0.717, 1.165) is 17.9 Å². The first-order valence-corrected chi connectivity index (χ1v) is 6.71. The molecule has 0 aliphatic rings. The first kappa shape index (κ1) is 15.5. The predicted molar refractivity (Wildman–Crippen MR) is 76.1 cm³/mol. The standard InChI is InChI=1S/C14H19ClN2O2/c1-11(18)16-9-10-17-14(19)4-2-3-12-5-7-13(15)8-6-12/h5-8H,2-4,9-10H2,1H3,(H,16,18)(H,17,19). The van der Waals surface area contributed by atoms with Crippen molar-refractivity contribution in [3.8, 4) is 0 Å². The van der Waals surface area contributed by atoms with E-state index in [9.17, 15) is 9.59 Å². The number of amides is 2. The molecule has 1 aromatic carbocycles. The van der Waals surface area contributed by atoms with Gasteiger partial charge in [-0.05, 0) is 30.5 Å². The number of hydrogen-bond donors (Lipinski definition) is 2. The lowest BCUT2D eigenvalue weighted by Gasteiger charge is -2.06. The third-order valence-corrected chi connectivity index (χ3v) is 2.86. The van der Waals surface area contributed by atoms with Crippen LogP contribution in [0.25, 0.3) is 0 Å². The Morgan fingerprint density at radius 3 is 2.37 bits per heavy atom. The molecular weight excluding hydrogens is 264 g/mol. The Labute approximate surface area is 118 Å². The molecule has 0 aromatic heterocycles. The summed E-state index contributed by atoms with van der Waals surface area (Å²) in [6.45, 7) is 2.39. The second kappa shape index (κ2) is 8.53. The number of carbonyl (C=O) groups is 2. The largest absolute Gasteiger partial charge is 0.355 e. The van der Waals surface area contributed by atoms with Crippen LogP contribution in [0.4, 0.5) is 0 Å². The monoisotopic (exact) mass is 282 g/mol. The zero-order valence-corrected chi connectivity index (χ0v) is 11.8. The van der Waals surface area contributed by atoms with E-state index in [-0.39, 0.29) is 11.8 Å². The molecule has 0 fully saturated rings. The maximum absolute atomic E-state index is 11.5. The Balaban J connectivity index is 2.10. The van der Waals surface area contributed by atoms with Crippen molar-refractivity contribution in [1.29, 1.82) is 0 Å². The number of carbonyl (C=O) groups excluding carboxylic acids is 2. The van der Waals surface area contributed by atoms with Crippen LogP contribution in [0.3, 0.4) is 0 Å². The van der Waals surface area contributed by atoms with E-state index in [0.29, 0.717) is 19.5 Å². The lowest BCUT2D eigenvalue weighted by Crippen LogP contribution is -2.33. The number of halogens is 1. The SMILES string of the molecule is CC(=O)NCCNC(=O)CCCc1ccc(Cl)cc1. The maximum Gasteiger partial charge on any atom is 0.220 e. The fraction of sp³-hybridized carbons (Fsp3) is 0.429. The Morgan fingerprint density at radius 1 is 1.11 bits per heavy atom. The molecule has 5 heteroatoms. The average Bonchev–Trinajstić information content (AvgIpc) is 2.37. The van der Waals surface area contributed by atoms with Gasteiger partial charge in [-0.25, -0.2) is 0 Å². The summed E-state index contributed by atoms with van der Waals surface area (Å²) >= 11 is 5.80. The molecular formula is C14H19ClN2O2. The van der Waals surface area contributed by atoms with Gasteiger partial charge in [0.1, 0.15) is 0 Å². The van der Waals surface area contributed by atoms with Crippen LogP contribution in [-0.4, -0.2) is 24.9 Å². The van der Waals surface area contributed by atoms with E-state index in [4.69, 9.17) is 11.6 Å². The van der Waals surface area contributed by atoms with Gasteiger partial charge in [-0.15, -0.1) is 0 Å². The molecule has 2 amide bonds. The van der Waals surface area contributed by atoms with Gasteiger partial charge >= 0.3 is 0 Å². The third kappa shape index (κ3) is 7.47. The van der Waals surface area contributed by atoms with Gasteiger partial charge in [-0.1, -0.05) is 23.7 Å². The second-order valence-electron chi connectivity index (χ2n) is 4.31. The molecule has 0 heterocycles. The van der Waals surface area contributed by atoms with Crippen LogP contribution in [0.5, 0.6) is 0 Å². The predicted octanol–water partition coefficient (Wildman–Crippen LogP) is 1.91. The molecule has 0 aliphatic heterocycles. The van der Waals surface area contributed by atoms with Gasteiger partial charge in [0.25, 0.3) is 0 Å². The first-order valence-electron chi connectivity index (χ1n) is 6.33. The second-order valence-corrected chi connectivity index (χ2v) is 4.75. The van der Waals surface area contributed by atoms with Crippen LogP contribution in [0, 0.1) is 0 Å². The van der Waals surface area contributed by atoms with Gasteiger partial charge in [0.2, 0.25) is 11.8 Å². The van der Waals surface area contributed by atoms with Crippen LogP contribution in [0.1, 0.15) is 25.3 Å². The molecule has 0 radical (unpaired) electrons. The quantitative estimate of drug-likeness (QED) is 0.751. The van der Waals surface area contributed by atoms with Gasteiger partial charge in [0.05, 0.1) is 0 Å². The van der Waals surface area contributed by atoms with E-state index in [1.807, 2.05) is 24.3 Å². The molecule has 0 aliphatic carbocycles. The first-order chi connectivity index (χ1) is 9.08. The number of nitrogens with one attached hydrogen (secondary N) is 2. The molecule has 2 N–H and O–H groups in total. The zero-order chi connectivity index (χ0) is 14.1. The molecule has 1 aromatic rings. The molecule has 104 valence electrons. The van der Waals surface area contributed by atoms with Gasteiger partial charge in [-0.3, -0.25) is 9.59 Å². The van der Waals surface area contributed by atoms with Crippen LogP contribution in [-0.2, 0) is 16.0 Å². The fourth-order valence-electron chi connectivity index (χ4n) is 1.63. The van der Waals surface area contributed by atoms with Crippen molar-refractivity contribution >= 4 is 23.4 Å². The summed E-state index contributed by atoms with van der Waals surface area (Å²) in [5.41, 5.74) is 1.18. The maximum atomic E-state index is 11.5. The van der Waals surface area contributed by atoms with Gasteiger partial charge in [0, 0.05) is 31.5 Å². The molecule has 1 rings (SSSR count). The summed E-state index contributed by atoms with van der Waals surface area (Å²) in [4.78, 5) is 22.1. The fourth-order valence-corrected chi connectivity index (χ4v) is 1.76. The van der Waals surface area contributed by atoms with Crippen LogP contribution >= 0.6 is 11.6 Å². The van der Waals surface area contributed by atoms with E-state index >= 15 is 0 Å². The van der Waals surface area contributed by atoms with E-state index < -0.39 is 0 Å². The summed E-state index contributed by atoms with van der Waals surface area (Å²) in [5.74, 6) is -0.0729. The van der Waals surface area contributed by atoms with Gasteiger partial charge in [0.15, 0.2) is 0 Å². The Bertz CT molecular complexity index is 418. The molecule has 0 spiro atoms. The molecule has 0 saturated carbocycles. The van der Waals surface area contributed by atoms with Crippen molar-refractivity contribution < 1.29 is 9.59 Å². The normalized spacial score (nSPS) is 10.0. The molecule has 19 heavy (non-hydrogen) atoms.